The molecule has 0 saturated heterocycles. The van der Waals surface area contributed by atoms with Crippen LogP contribution in [-0.4, -0.2) is 23.6 Å². The molecule has 18 heavy (non-hydrogen) atoms. The summed E-state index contributed by atoms with van der Waals surface area (Å²) in [4.78, 5) is 4.25. The Hall–Kier alpha value is -1.41. The van der Waals surface area contributed by atoms with Crippen molar-refractivity contribution in [2.75, 3.05) is 4.72 Å². The van der Waals surface area contributed by atoms with Crippen LogP contribution in [0.1, 0.15) is 11.4 Å². The largest absolute Gasteiger partial charge is 0.281 e. The molecular formula is C10H11BrN4O2S. The lowest BCUT2D eigenvalue weighted by molar-refractivity contribution is 0.600. The lowest BCUT2D eigenvalue weighted by atomic mass is 10.4. The summed E-state index contributed by atoms with van der Waals surface area (Å²) in [6.07, 6.45) is 1.27. The van der Waals surface area contributed by atoms with Gasteiger partial charge in [-0.25, -0.2) is 13.4 Å². The van der Waals surface area contributed by atoms with Gasteiger partial charge in [-0.05, 0) is 41.9 Å². The van der Waals surface area contributed by atoms with Crippen LogP contribution in [0.15, 0.2) is 27.7 Å². The number of nitrogens with zero attached hydrogens (tertiary/aromatic N) is 2. The summed E-state index contributed by atoms with van der Waals surface area (Å²) in [7, 11) is -3.65. The fraction of sp³-hybridized carbons (Fsp3) is 0.200. The number of pyridine rings is 1. The Balaban J connectivity index is 2.34. The van der Waals surface area contributed by atoms with Crippen molar-refractivity contribution in [2.45, 2.75) is 18.7 Å². The first-order valence-corrected chi connectivity index (χ1v) is 7.34. The maximum absolute atomic E-state index is 12.1. The van der Waals surface area contributed by atoms with Crippen LogP contribution in [0.5, 0.6) is 0 Å². The van der Waals surface area contributed by atoms with Crippen molar-refractivity contribution in [3.63, 3.8) is 0 Å². The lowest BCUT2D eigenvalue weighted by Gasteiger charge is -2.07. The van der Waals surface area contributed by atoms with Gasteiger partial charge in [-0.3, -0.25) is 9.82 Å². The number of hydrogen-bond acceptors (Lipinski definition) is 4. The predicted molar refractivity (Wildman–Crippen MR) is 70.8 cm³/mol. The van der Waals surface area contributed by atoms with Gasteiger partial charge in [-0.15, -0.1) is 0 Å². The minimum atomic E-state index is -3.65. The van der Waals surface area contributed by atoms with E-state index in [1.165, 1.54) is 6.20 Å². The molecule has 2 rings (SSSR count). The molecule has 0 aliphatic carbocycles. The number of rotatable bonds is 3. The van der Waals surface area contributed by atoms with Crippen LogP contribution < -0.4 is 4.72 Å². The lowest BCUT2D eigenvalue weighted by Crippen LogP contribution is -2.14. The molecule has 0 saturated carbocycles. The van der Waals surface area contributed by atoms with Gasteiger partial charge >= 0.3 is 0 Å². The fourth-order valence-electron chi connectivity index (χ4n) is 1.40. The van der Waals surface area contributed by atoms with Crippen molar-refractivity contribution < 1.29 is 8.42 Å². The third-order valence-corrected chi connectivity index (χ3v) is 4.64. The van der Waals surface area contributed by atoms with Crippen molar-refractivity contribution in [3.8, 4) is 0 Å². The van der Waals surface area contributed by atoms with Gasteiger partial charge in [0, 0.05) is 4.47 Å². The molecule has 2 aromatic rings. The molecule has 0 amide bonds. The molecule has 0 aliphatic heterocycles. The zero-order chi connectivity index (χ0) is 13.3. The van der Waals surface area contributed by atoms with Crippen LogP contribution in [0.25, 0.3) is 0 Å². The van der Waals surface area contributed by atoms with Crippen LogP contribution in [-0.2, 0) is 10.0 Å². The van der Waals surface area contributed by atoms with Crippen LogP contribution in [0, 0.1) is 13.8 Å². The highest BCUT2D eigenvalue weighted by Crippen LogP contribution is 2.19. The standard InChI is InChI=1S/C10H11BrN4O2S/c1-6-8(11)3-4-10(13-6)15-18(16,17)9-5-12-14-7(9)2/h3-5H,1-2H3,(H,12,14)(H,13,15). The highest BCUT2D eigenvalue weighted by atomic mass is 79.9. The van der Waals surface area contributed by atoms with Gasteiger partial charge in [-0.1, -0.05) is 0 Å². The van der Waals surface area contributed by atoms with Crippen molar-refractivity contribution in [3.05, 3.63) is 34.2 Å². The van der Waals surface area contributed by atoms with E-state index in [9.17, 15) is 8.42 Å². The van der Waals surface area contributed by atoms with E-state index in [1.807, 2.05) is 0 Å². The summed E-state index contributed by atoms with van der Waals surface area (Å²) in [5.74, 6) is 0.274. The van der Waals surface area contributed by atoms with Gasteiger partial charge in [0.15, 0.2) is 0 Å². The molecule has 0 bridgehead atoms. The Bertz CT molecular complexity index is 681. The number of sulfonamides is 1. The monoisotopic (exact) mass is 330 g/mol. The number of aryl methyl sites for hydroxylation is 2. The van der Waals surface area contributed by atoms with Crippen LogP contribution in [0.2, 0.25) is 0 Å². The Morgan fingerprint density at radius 3 is 2.61 bits per heavy atom. The van der Waals surface area contributed by atoms with Gasteiger partial charge in [0.2, 0.25) is 0 Å². The summed E-state index contributed by atoms with van der Waals surface area (Å²) in [5, 5.41) is 6.27. The zero-order valence-corrected chi connectivity index (χ0v) is 12.1. The number of halogens is 1. The highest BCUT2D eigenvalue weighted by Gasteiger charge is 2.19. The summed E-state index contributed by atoms with van der Waals surface area (Å²) in [6, 6.07) is 3.33. The van der Waals surface area contributed by atoms with Crippen LogP contribution >= 0.6 is 15.9 Å². The van der Waals surface area contributed by atoms with E-state index in [1.54, 1.807) is 26.0 Å². The summed E-state index contributed by atoms with van der Waals surface area (Å²) < 4.78 is 27.3. The summed E-state index contributed by atoms with van der Waals surface area (Å²) >= 11 is 3.30. The van der Waals surface area contributed by atoms with Crippen molar-refractivity contribution in [1.29, 1.82) is 0 Å². The minimum absolute atomic E-state index is 0.116. The predicted octanol–water partition coefficient (Wildman–Crippen LogP) is 1.98. The van der Waals surface area contributed by atoms with E-state index >= 15 is 0 Å². The molecule has 0 radical (unpaired) electrons. The first-order chi connectivity index (χ1) is 8.40. The Morgan fingerprint density at radius 1 is 1.33 bits per heavy atom. The first-order valence-electron chi connectivity index (χ1n) is 5.06. The van der Waals surface area contributed by atoms with E-state index in [2.05, 4.69) is 35.8 Å². The molecule has 2 heterocycles. The quantitative estimate of drug-likeness (QED) is 0.900. The van der Waals surface area contributed by atoms with Gasteiger partial charge in [0.1, 0.15) is 10.7 Å². The fourth-order valence-corrected chi connectivity index (χ4v) is 2.76. The molecule has 0 atom stereocenters. The molecule has 6 nitrogen and oxygen atoms in total. The molecule has 2 N–H and O–H groups in total. The van der Waals surface area contributed by atoms with Gasteiger partial charge in [0.05, 0.1) is 17.6 Å². The number of anilines is 1. The molecule has 0 aliphatic rings. The molecule has 0 aromatic carbocycles. The third-order valence-electron chi connectivity index (χ3n) is 2.33. The third kappa shape index (κ3) is 2.54. The maximum Gasteiger partial charge on any atom is 0.266 e. The number of H-pyrrole nitrogens is 1. The molecule has 0 fully saturated rings. The Morgan fingerprint density at radius 2 is 2.06 bits per heavy atom. The van der Waals surface area contributed by atoms with Crippen molar-refractivity contribution in [1.82, 2.24) is 15.2 Å². The molecule has 8 heteroatoms. The number of hydrogen-bond donors (Lipinski definition) is 2. The first kappa shape index (κ1) is 13.0. The van der Waals surface area contributed by atoms with E-state index in [0.717, 1.165) is 4.47 Å². The highest BCUT2D eigenvalue weighted by molar-refractivity contribution is 9.10. The van der Waals surface area contributed by atoms with Crippen molar-refractivity contribution in [2.24, 2.45) is 0 Å². The second-order valence-electron chi connectivity index (χ2n) is 3.73. The van der Waals surface area contributed by atoms with Gasteiger partial charge in [0.25, 0.3) is 10.0 Å². The minimum Gasteiger partial charge on any atom is -0.281 e. The van der Waals surface area contributed by atoms with E-state index in [-0.39, 0.29) is 10.7 Å². The summed E-state index contributed by atoms with van der Waals surface area (Å²) in [6.45, 7) is 3.42. The van der Waals surface area contributed by atoms with E-state index in [0.29, 0.717) is 11.4 Å². The SMILES string of the molecule is Cc1nc(NS(=O)(=O)c2cn[nH]c2C)ccc1Br. The Kier molecular flexibility index (Phi) is 3.40. The number of aromatic nitrogens is 3. The number of nitrogens with one attached hydrogen (secondary N) is 2. The molecule has 0 spiro atoms. The second-order valence-corrected chi connectivity index (χ2v) is 6.23. The average molecular weight is 331 g/mol. The maximum atomic E-state index is 12.1. The van der Waals surface area contributed by atoms with E-state index in [4.69, 9.17) is 0 Å². The molecular weight excluding hydrogens is 320 g/mol. The molecule has 0 unspecified atom stereocenters. The topological polar surface area (TPSA) is 87.7 Å². The average Bonchev–Trinajstić information content (AvgIpc) is 2.70. The van der Waals surface area contributed by atoms with Gasteiger partial charge in [-0.2, -0.15) is 5.10 Å². The molecule has 2 aromatic heterocycles. The normalized spacial score (nSPS) is 11.5. The zero-order valence-electron chi connectivity index (χ0n) is 9.73. The number of aromatic amines is 1. The second kappa shape index (κ2) is 4.69. The summed E-state index contributed by atoms with van der Waals surface area (Å²) in [5.41, 5.74) is 1.19. The van der Waals surface area contributed by atoms with Crippen LogP contribution in [0.4, 0.5) is 5.82 Å². The molecule has 96 valence electrons. The smallest absolute Gasteiger partial charge is 0.266 e. The van der Waals surface area contributed by atoms with E-state index < -0.39 is 10.0 Å². The van der Waals surface area contributed by atoms with Crippen LogP contribution in [0.3, 0.4) is 0 Å². The van der Waals surface area contributed by atoms with Gasteiger partial charge < -0.3 is 0 Å². The van der Waals surface area contributed by atoms with Crippen molar-refractivity contribution >= 4 is 31.8 Å². The Labute approximate surface area is 113 Å².